The third kappa shape index (κ3) is 3.95. The minimum absolute atomic E-state index is 0.117. The Kier molecular flexibility index (Phi) is 5.87. The fourth-order valence-corrected chi connectivity index (χ4v) is 7.31. The minimum atomic E-state index is -4.67. The van der Waals surface area contributed by atoms with Crippen LogP contribution in [0.2, 0.25) is 0 Å². The molecule has 6 nitrogen and oxygen atoms in total. The molecule has 7 heteroatoms. The van der Waals surface area contributed by atoms with Crippen LogP contribution in [0.1, 0.15) is 72.1 Å². The van der Waals surface area contributed by atoms with E-state index in [0.717, 1.165) is 43.4 Å². The lowest BCUT2D eigenvalue weighted by atomic mass is 9.47. The second-order valence-corrected chi connectivity index (χ2v) is 10.8. The normalized spacial score (nSPS) is 44.9. The van der Waals surface area contributed by atoms with Crippen molar-refractivity contribution in [1.29, 1.82) is 0 Å². The van der Waals surface area contributed by atoms with Gasteiger partial charge in [0.25, 0.3) is 0 Å². The Bertz CT molecular complexity index is 751. The fourth-order valence-electron chi connectivity index (χ4n) is 7.31. The predicted octanol–water partition coefficient (Wildman–Crippen LogP) is 3.86. The first kappa shape index (κ1) is 21.9. The van der Waals surface area contributed by atoms with Crippen LogP contribution in [0.4, 0.5) is 0 Å². The summed E-state index contributed by atoms with van der Waals surface area (Å²) in [6.07, 6.45) is 11.5. The molecule has 0 aliphatic heterocycles. The molecule has 4 aliphatic carbocycles. The van der Waals surface area contributed by atoms with Gasteiger partial charge in [0, 0.05) is 5.92 Å². The van der Waals surface area contributed by atoms with Crippen molar-refractivity contribution in [2.24, 2.45) is 34.5 Å². The van der Waals surface area contributed by atoms with Gasteiger partial charge in [-0.05, 0) is 86.9 Å². The number of Topliss-reactive ketones (excluding diaryl/α,β-unsaturated/α-hetero) is 1. The van der Waals surface area contributed by atoms with E-state index in [-0.39, 0.29) is 11.5 Å². The van der Waals surface area contributed by atoms with E-state index in [4.69, 9.17) is 17.5 Å². The summed E-state index contributed by atoms with van der Waals surface area (Å²) in [5.74, 6) is 3.00. The molecule has 1 unspecified atom stereocenters. The summed E-state index contributed by atoms with van der Waals surface area (Å²) in [4.78, 5) is 12.2. The second kappa shape index (κ2) is 7.49. The maximum absolute atomic E-state index is 12.2. The van der Waals surface area contributed by atoms with E-state index in [9.17, 15) is 9.90 Å². The molecule has 4 rings (SSSR count). The largest absolute Gasteiger partial charge is 0.394 e. The van der Waals surface area contributed by atoms with Gasteiger partial charge in [-0.1, -0.05) is 25.5 Å². The molecule has 160 valence electrons. The van der Waals surface area contributed by atoms with Crippen LogP contribution in [0, 0.1) is 34.5 Å². The summed E-state index contributed by atoms with van der Waals surface area (Å²) in [5, 5.41) is 10.1. The molecule has 0 heterocycles. The average molecular weight is 415 g/mol. The molecule has 0 aromatic carbocycles. The van der Waals surface area contributed by atoms with Gasteiger partial charge >= 0.3 is 10.4 Å². The molecular weight excluding hydrogens is 380 g/mol. The molecule has 0 aromatic heterocycles. The zero-order valence-corrected chi connectivity index (χ0v) is 17.9. The standard InChI is InChI=1S/C21H32O2.H2O4S/c1-13(22)17-6-7-18-16-5-4-14-12-15(23)8-10-20(14,2)19(16)9-11-21(17,18)3;1-5(2,3)4/h4,15-19,23H,5-12H2,1-3H3;(H2,1,2,3,4)/t15?,16-,17+,18-,19-,20-,21+;/m0./s1. The molecule has 0 aromatic rings. The fraction of sp³-hybridized carbons (Fsp3) is 0.857. The molecule has 0 bridgehead atoms. The molecule has 0 saturated heterocycles. The lowest BCUT2D eigenvalue weighted by Gasteiger charge is -2.57. The minimum Gasteiger partial charge on any atom is -0.393 e. The SMILES string of the molecule is CC(=O)[C@H]1CC[C@H]2[C@@H]3CC=C4CC(O)CC[C@]4(C)[C@H]3CC[C@]12C.O=S(=O)(O)O. The topological polar surface area (TPSA) is 112 Å². The predicted molar refractivity (Wildman–Crippen MR) is 106 cm³/mol. The molecule has 4 aliphatic rings. The van der Waals surface area contributed by atoms with E-state index in [1.54, 1.807) is 5.57 Å². The van der Waals surface area contributed by atoms with Gasteiger partial charge in [0.05, 0.1) is 6.10 Å². The Hall–Kier alpha value is -0.760. The summed E-state index contributed by atoms with van der Waals surface area (Å²) >= 11 is 0. The van der Waals surface area contributed by atoms with Crippen molar-refractivity contribution in [2.45, 2.75) is 78.2 Å². The van der Waals surface area contributed by atoms with E-state index < -0.39 is 10.4 Å². The third-order valence-electron chi connectivity index (χ3n) is 8.57. The van der Waals surface area contributed by atoms with Crippen LogP contribution in [0.15, 0.2) is 11.6 Å². The Morgan fingerprint density at radius 3 is 2.32 bits per heavy atom. The van der Waals surface area contributed by atoms with Crippen molar-refractivity contribution in [3.05, 3.63) is 11.6 Å². The summed E-state index contributed by atoms with van der Waals surface area (Å²) < 4.78 is 31.6. The summed E-state index contributed by atoms with van der Waals surface area (Å²) in [6.45, 7) is 6.70. The number of hydrogen-bond acceptors (Lipinski definition) is 4. The monoisotopic (exact) mass is 414 g/mol. The van der Waals surface area contributed by atoms with Crippen LogP contribution in [0.25, 0.3) is 0 Å². The summed E-state index contributed by atoms with van der Waals surface area (Å²) in [7, 11) is -4.67. The molecule has 0 spiro atoms. The molecule has 3 N–H and O–H groups in total. The number of carbonyl (C=O) groups is 1. The summed E-state index contributed by atoms with van der Waals surface area (Å²) in [5.41, 5.74) is 2.11. The van der Waals surface area contributed by atoms with E-state index in [1.807, 2.05) is 6.92 Å². The van der Waals surface area contributed by atoms with Crippen LogP contribution in [-0.2, 0) is 15.2 Å². The van der Waals surface area contributed by atoms with Gasteiger partial charge < -0.3 is 5.11 Å². The van der Waals surface area contributed by atoms with Gasteiger partial charge in [0.15, 0.2) is 0 Å². The van der Waals surface area contributed by atoms with Crippen molar-refractivity contribution < 1.29 is 27.4 Å². The molecule has 7 atom stereocenters. The molecule has 0 radical (unpaired) electrons. The third-order valence-corrected chi connectivity index (χ3v) is 8.57. The number of ketones is 1. The van der Waals surface area contributed by atoms with Gasteiger partial charge in [-0.2, -0.15) is 8.42 Å². The molecule has 3 fully saturated rings. The maximum atomic E-state index is 12.2. The highest BCUT2D eigenvalue weighted by Gasteiger charge is 2.59. The molecular formula is C21H34O6S. The number of allylic oxidation sites excluding steroid dienone is 1. The number of aliphatic hydroxyl groups excluding tert-OH is 1. The second-order valence-electron chi connectivity index (χ2n) is 9.89. The number of carbonyl (C=O) groups excluding carboxylic acids is 1. The van der Waals surface area contributed by atoms with E-state index in [2.05, 4.69) is 19.9 Å². The number of rotatable bonds is 1. The van der Waals surface area contributed by atoms with Crippen molar-refractivity contribution in [3.8, 4) is 0 Å². The van der Waals surface area contributed by atoms with Crippen molar-refractivity contribution >= 4 is 16.2 Å². The Morgan fingerprint density at radius 1 is 1.07 bits per heavy atom. The quantitative estimate of drug-likeness (QED) is 0.444. The van der Waals surface area contributed by atoms with Gasteiger partial charge in [-0.15, -0.1) is 0 Å². The van der Waals surface area contributed by atoms with E-state index >= 15 is 0 Å². The number of fused-ring (bicyclic) bond motifs is 5. The molecule has 28 heavy (non-hydrogen) atoms. The van der Waals surface area contributed by atoms with Crippen LogP contribution in [0.3, 0.4) is 0 Å². The maximum Gasteiger partial charge on any atom is 0.394 e. The highest BCUT2D eigenvalue weighted by Crippen LogP contribution is 2.66. The molecule has 3 saturated carbocycles. The number of aliphatic hydroxyl groups is 1. The average Bonchev–Trinajstić information content (AvgIpc) is 2.91. The highest BCUT2D eigenvalue weighted by atomic mass is 32.3. The van der Waals surface area contributed by atoms with Crippen molar-refractivity contribution in [1.82, 2.24) is 0 Å². The first-order valence-electron chi connectivity index (χ1n) is 10.4. The lowest BCUT2D eigenvalue weighted by Crippen LogP contribution is -2.50. The van der Waals surface area contributed by atoms with E-state index in [1.165, 1.54) is 25.7 Å². The Morgan fingerprint density at radius 2 is 1.71 bits per heavy atom. The van der Waals surface area contributed by atoms with Gasteiger partial charge in [0.1, 0.15) is 5.78 Å². The zero-order chi connectivity index (χ0) is 20.9. The first-order chi connectivity index (χ1) is 12.9. The Labute approximate surface area is 168 Å². The number of hydrogen-bond donors (Lipinski definition) is 3. The van der Waals surface area contributed by atoms with Gasteiger partial charge in [-0.25, -0.2) is 0 Å². The Balaban J connectivity index is 0.000000403. The van der Waals surface area contributed by atoms with Gasteiger partial charge in [0.2, 0.25) is 0 Å². The molecule has 0 amide bonds. The lowest BCUT2D eigenvalue weighted by molar-refractivity contribution is -0.127. The van der Waals surface area contributed by atoms with Crippen LogP contribution in [0.5, 0.6) is 0 Å². The summed E-state index contributed by atoms with van der Waals surface area (Å²) in [6, 6.07) is 0. The highest BCUT2D eigenvalue weighted by molar-refractivity contribution is 7.79. The smallest absolute Gasteiger partial charge is 0.393 e. The van der Waals surface area contributed by atoms with Crippen LogP contribution >= 0.6 is 0 Å². The van der Waals surface area contributed by atoms with Crippen LogP contribution < -0.4 is 0 Å². The van der Waals surface area contributed by atoms with E-state index in [0.29, 0.717) is 17.1 Å². The van der Waals surface area contributed by atoms with Crippen molar-refractivity contribution in [2.75, 3.05) is 0 Å². The van der Waals surface area contributed by atoms with Crippen LogP contribution in [-0.4, -0.2) is 34.5 Å². The van der Waals surface area contributed by atoms with Crippen molar-refractivity contribution in [3.63, 3.8) is 0 Å². The first-order valence-corrected chi connectivity index (χ1v) is 11.8. The zero-order valence-electron chi connectivity index (χ0n) is 17.1. The van der Waals surface area contributed by atoms with Gasteiger partial charge in [-0.3, -0.25) is 13.9 Å².